The summed E-state index contributed by atoms with van der Waals surface area (Å²) in [5.41, 5.74) is -0.136. The Bertz CT molecular complexity index is 1450. The summed E-state index contributed by atoms with van der Waals surface area (Å²) in [5, 5.41) is -0.985. The van der Waals surface area contributed by atoms with Crippen molar-refractivity contribution in [2.45, 2.75) is 13.3 Å². The quantitative estimate of drug-likeness (QED) is 0.166. The second kappa shape index (κ2) is 8.62. The predicted octanol–water partition coefficient (Wildman–Crippen LogP) is 7.44. The number of benzene rings is 4. The van der Waals surface area contributed by atoms with Crippen molar-refractivity contribution in [1.82, 2.24) is 0 Å². The minimum absolute atomic E-state index is 0.0274. The molecule has 4 rings (SSSR count). The van der Waals surface area contributed by atoms with Gasteiger partial charge in [0.2, 0.25) is 0 Å². The Labute approximate surface area is 184 Å². The van der Waals surface area contributed by atoms with Crippen molar-refractivity contribution in [3.05, 3.63) is 106 Å². The van der Waals surface area contributed by atoms with Crippen LogP contribution in [0.1, 0.15) is 23.6 Å². The Morgan fingerprint density at radius 3 is 1.97 bits per heavy atom. The van der Waals surface area contributed by atoms with Crippen LogP contribution in [-0.4, -0.2) is 0 Å². The molecule has 0 N–H and O–H groups in total. The number of hydrogen-bond donors (Lipinski definition) is 0. The largest absolute Gasteiger partial charge is 0.206 e. The molecule has 0 heterocycles. The molecule has 0 unspecified atom stereocenters. The van der Waals surface area contributed by atoms with E-state index < -0.39 is 46.1 Å². The van der Waals surface area contributed by atoms with Crippen LogP contribution in [0.2, 0.25) is 0 Å². The van der Waals surface area contributed by atoms with Gasteiger partial charge in [0.15, 0.2) is 17.5 Å². The highest BCUT2D eigenvalue weighted by Gasteiger charge is 2.18. The summed E-state index contributed by atoms with van der Waals surface area (Å²) in [4.78, 5) is 0. The average molecular weight is 458 g/mol. The van der Waals surface area contributed by atoms with Gasteiger partial charge in [0.1, 0.15) is 23.3 Å². The molecule has 33 heavy (non-hydrogen) atoms. The molecule has 7 heteroatoms. The van der Waals surface area contributed by atoms with Crippen LogP contribution in [-0.2, 0) is 6.42 Å². The minimum Gasteiger partial charge on any atom is -0.206 e. The van der Waals surface area contributed by atoms with E-state index in [2.05, 4.69) is 11.8 Å². The van der Waals surface area contributed by atoms with Crippen LogP contribution >= 0.6 is 0 Å². The fourth-order valence-corrected chi connectivity index (χ4v) is 3.48. The summed E-state index contributed by atoms with van der Waals surface area (Å²) in [6.07, 6.45) is 0.431. The first-order valence-electron chi connectivity index (χ1n) is 9.76. The van der Waals surface area contributed by atoms with Gasteiger partial charge in [-0.15, -0.1) is 0 Å². The molecule has 0 aliphatic heterocycles. The van der Waals surface area contributed by atoms with Crippen molar-refractivity contribution in [2.75, 3.05) is 0 Å². The van der Waals surface area contributed by atoms with Crippen LogP contribution < -0.4 is 0 Å². The van der Waals surface area contributed by atoms with Crippen LogP contribution in [0, 0.1) is 52.6 Å². The molecule has 0 atom stereocenters. The van der Waals surface area contributed by atoms with Crippen LogP contribution in [0.5, 0.6) is 0 Å². The Hall–Kier alpha value is -3.79. The van der Waals surface area contributed by atoms with Gasteiger partial charge in [-0.2, -0.15) is 0 Å². The van der Waals surface area contributed by atoms with Crippen molar-refractivity contribution in [3.63, 3.8) is 0 Å². The highest BCUT2D eigenvalue weighted by atomic mass is 19.2. The highest BCUT2D eigenvalue weighted by molar-refractivity contribution is 5.85. The Balaban J connectivity index is 1.72. The molecule has 166 valence electrons. The lowest BCUT2D eigenvalue weighted by Gasteiger charge is -2.08. The molecule has 0 nitrogen and oxygen atoms in total. The first-order chi connectivity index (χ1) is 15.7. The van der Waals surface area contributed by atoms with Gasteiger partial charge in [-0.3, -0.25) is 0 Å². The molecule has 0 saturated carbocycles. The van der Waals surface area contributed by atoms with E-state index in [1.54, 1.807) is 6.92 Å². The summed E-state index contributed by atoms with van der Waals surface area (Å²) in [6.45, 7) is 1.74. The first-order valence-corrected chi connectivity index (χ1v) is 9.76. The second-order valence-electron chi connectivity index (χ2n) is 7.28. The van der Waals surface area contributed by atoms with E-state index in [0.717, 1.165) is 18.2 Å². The highest BCUT2D eigenvalue weighted by Crippen LogP contribution is 2.29. The fraction of sp³-hybridized carbons (Fsp3) is 0.0769. The summed E-state index contributed by atoms with van der Waals surface area (Å²) < 4.78 is 98.2. The van der Waals surface area contributed by atoms with E-state index in [1.807, 2.05) is 0 Å². The topological polar surface area (TPSA) is 0 Å². The zero-order chi connectivity index (χ0) is 23.9. The Kier molecular flexibility index (Phi) is 5.86. The van der Waals surface area contributed by atoms with Crippen molar-refractivity contribution < 1.29 is 30.7 Å². The lowest BCUT2D eigenvalue weighted by Crippen LogP contribution is -1.96. The maximum Gasteiger partial charge on any atom is 0.195 e. The van der Waals surface area contributed by atoms with E-state index in [4.69, 9.17) is 0 Å². The summed E-state index contributed by atoms with van der Waals surface area (Å²) in [5.74, 6) is -3.71. The molecular formula is C26H13F7. The van der Waals surface area contributed by atoms with E-state index in [0.29, 0.717) is 18.1 Å². The predicted molar refractivity (Wildman–Crippen MR) is 111 cm³/mol. The van der Waals surface area contributed by atoms with Crippen molar-refractivity contribution in [3.8, 4) is 23.0 Å². The minimum atomic E-state index is -1.79. The van der Waals surface area contributed by atoms with Gasteiger partial charge in [-0.1, -0.05) is 24.8 Å². The second-order valence-corrected chi connectivity index (χ2v) is 7.28. The molecule has 0 amide bonds. The van der Waals surface area contributed by atoms with Crippen molar-refractivity contribution in [2.24, 2.45) is 0 Å². The van der Waals surface area contributed by atoms with Gasteiger partial charge in [0, 0.05) is 5.56 Å². The molecule has 0 radical (unpaired) electrons. The zero-order valence-electron chi connectivity index (χ0n) is 17.0. The monoisotopic (exact) mass is 458 g/mol. The Morgan fingerprint density at radius 2 is 1.33 bits per heavy atom. The molecule has 4 aromatic carbocycles. The zero-order valence-corrected chi connectivity index (χ0v) is 17.0. The van der Waals surface area contributed by atoms with E-state index in [1.165, 1.54) is 24.3 Å². The molecule has 0 aromatic heterocycles. The molecule has 0 aliphatic rings. The number of fused-ring (bicyclic) bond motifs is 1. The van der Waals surface area contributed by atoms with E-state index >= 15 is 0 Å². The SMILES string of the molecule is CCc1cc(F)c(-c2ccc(C#Cc3cc(F)c4c(F)c(F)c(F)cc4c3)c(F)c2)c(F)c1. The van der Waals surface area contributed by atoms with Gasteiger partial charge in [-0.25, -0.2) is 30.7 Å². The van der Waals surface area contributed by atoms with Crippen LogP contribution in [0.4, 0.5) is 30.7 Å². The van der Waals surface area contributed by atoms with Gasteiger partial charge >= 0.3 is 0 Å². The number of halogens is 7. The molecule has 0 spiro atoms. The van der Waals surface area contributed by atoms with Crippen LogP contribution in [0.15, 0.2) is 48.5 Å². The van der Waals surface area contributed by atoms with E-state index in [-0.39, 0.29) is 27.6 Å². The molecule has 4 aromatic rings. The number of hydrogen-bond acceptors (Lipinski definition) is 0. The molecule has 0 fully saturated rings. The fourth-order valence-electron chi connectivity index (χ4n) is 3.48. The summed E-state index contributed by atoms with van der Waals surface area (Å²) >= 11 is 0. The smallest absolute Gasteiger partial charge is 0.195 e. The first kappa shape index (κ1) is 22.4. The molecule has 0 saturated heterocycles. The Morgan fingerprint density at radius 1 is 0.636 bits per heavy atom. The number of aryl methyl sites for hydroxylation is 1. The van der Waals surface area contributed by atoms with Crippen LogP contribution in [0.3, 0.4) is 0 Å². The van der Waals surface area contributed by atoms with Crippen LogP contribution in [0.25, 0.3) is 21.9 Å². The van der Waals surface area contributed by atoms with E-state index in [9.17, 15) is 30.7 Å². The maximum absolute atomic E-state index is 14.6. The van der Waals surface area contributed by atoms with Crippen molar-refractivity contribution in [1.29, 1.82) is 0 Å². The molecule has 0 bridgehead atoms. The lowest BCUT2D eigenvalue weighted by atomic mass is 9.99. The van der Waals surface area contributed by atoms with Gasteiger partial charge in [0.05, 0.1) is 16.5 Å². The molecule has 0 aliphatic carbocycles. The number of rotatable bonds is 2. The normalized spacial score (nSPS) is 10.9. The third kappa shape index (κ3) is 4.17. The lowest BCUT2D eigenvalue weighted by molar-refractivity contribution is 0.451. The third-order valence-corrected chi connectivity index (χ3v) is 5.13. The molecular weight excluding hydrogens is 445 g/mol. The standard InChI is InChI=1S/C26H13F7/c1-2-13-8-19(28)23(20(29)9-13)16-6-5-15(18(27)11-16)4-3-14-7-17-12-22(31)25(32)26(33)24(17)21(30)10-14/h5-12H,2H2,1H3. The summed E-state index contributed by atoms with van der Waals surface area (Å²) in [6, 6.07) is 8.33. The van der Waals surface area contributed by atoms with Gasteiger partial charge < -0.3 is 0 Å². The third-order valence-electron chi connectivity index (χ3n) is 5.13. The van der Waals surface area contributed by atoms with Crippen molar-refractivity contribution >= 4 is 10.8 Å². The maximum atomic E-state index is 14.6. The van der Waals surface area contributed by atoms with Gasteiger partial charge in [0.25, 0.3) is 0 Å². The van der Waals surface area contributed by atoms with Gasteiger partial charge in [-0.05, 0) is 65.4 Å². The average Bonchev–Trinajstić information content (AvgIpc) is 2.76. The summed E-state index contributed by atoms with van der Waals surface area (Å²) in [7, 11) is 0.